The molecule has 2 aromatic heterocycles. The topological polar surface area (TPSA) is 89.9 Å². The number of nitrogen functional groups attached to an aromatic ring is 1. The van der Waals surface area contributed by atoms with Crippen molar-refractivity contribution in [1.82, 2.24) is 24.6 Å². The summed E-state index contributed by atoms with van der Waals surface area (Å²) in [5.41, 5.74) is 6.60. The van der Waals surface area contributed by atoms with E-state index in [1.807, 2.05) is 7.05 Å². The summed E-state index contributed by atoms with van der Waals surface area (Å²) in [7, 11) is 1.81. The number of hydrogen-bond acceptors (Lipinski definition) is 5. The van der Waals surface area contributed by atoms with Crippen LogP contribution in [0.3, 0.4) is 0 Å². The van der Waals surface area contributed by atoms with Crippen LogP contribution in [0.1, 0.15) is 19.2 Å². The zero-order chi connectivity index (χ0) is 13.6. The summed E-state index contributed by atoms with van der Waals surface area (Å²) in [6.45, 7) is 3.23. The highest BCUT2D eigenvalue weighted by molar-refractivity contribution is 5.85. The third-order valence-electron chi connectivity index (χ3n) is 3.41. The second kappa shape index (κ2) is 4.18. The first-order chi connectivity index (χ1) is 9.04. The highest BCUT2D eigenvalue weighted by Gasteiger charge is 2.27. The summed E-state index contributed by atoms with van der Waals surface area (Å²) >= 11 is 0. The average Bonchev–Trinajstić information content (AvgIpc) is 2.84. The third kappa shape index (κ3) is 2.00. The molecule has 1 saturated heterocycles. The highest BCUT2D eigenvalue weighted by Crippen LogP contribution is 2.21. The molecule has 0 bridgehead atoms. The lowest BCUT2D eigenvalue weighted by Gasteiger charge is -2.15. The van der Waals surface area contributed by atoms with Gasteiger partial charge in [0.1, 0.15) is 5.82 Å². The van der Waals surface area contributed by atoms with E-state index in [1.165, 1.54) is 0 Å². The molecule has 7 heteroatoms. The van der Waals surface area contributed by atoms with Crippen LogP contribution in [0.4, 0.5) is 5.82 Å². The molecular formula is C12H16N6O. The number of aromatic nitrogens is 4. The van der Waals surface area contributed by atoms with Gasteiger partial charge < -0.3 is 10.6 Å². The van der Waals surface area contributed by atoms with Crippen molar-refractivity contribution < 1.29 is 4.79 Å². The van der Waals surface area contributed by atoms with Gasteiger partial charge in [0.25, 0.3) is 0 Å². The second-order valence-corrected chi connectivity index (χ2v) is 5.11. The first-order valence-corrected chi connectivity index (χ1v) is 6.26. The predicted octanol–water partition coefficient (Wildman–Crippen LogP) is 0.314. The summed E-state index contributed by atoms with van der Waals surface area (Å²) in [4.78, 5) is 22.2. The van der Waals surface area contributed by atoms with Crippen LogP contribution < -0.4 is 5.73 Å². The first kappa shape index (κ1) is 11.9. The molecule has 0 saturated carbocycles. The van der Waals surface area contributed by atoms with E-state index in [4.69, 9.17) is 5.73 Å². The summed E-state index contributed by atoms with van der Waals surface area (Å²) in [5, 5.41) is 4.85. The van der Waals surface area contributed by atoms with Gasteiger partial charge in [0.15, 0.2) is 11.5 Å². The number of fused-ring (bicyclic) bond motifs is 1. The number of rotatable bonds is 2. The van der Waals surface area contributed by atoms with E-state index in [0.717, 1.165) is 11.9 Å². The Morgan fingerprint density at radius 2 is 2.26 bits per heavy atom. The molecule has 100 valence electrons. The monoisotopic (exact) mass is 260 g/mol. The van der Waals surface area contributed by atoms with E-state index in [0.29, 0.717) is 36.2 Å². The number of anilines is 1. The van der Waals surface area contributed by atoms with Crippen molar-refractivity contribution in [3.05, 3.63) is 12.0 Å². The third-order valence-corrected chi connectivity index (χ3v) is 3.41. The number of aryl methyl sites for hydroxylation is 1. The van der Waals surface area contributed by atoms with Crippen molar-refractivity contribution in [3.63, 3.8) is 0 Å². The van der Waals surface area contributed by atoms with Crippen molar-refractivity contribution in [1.29, 1.82) is 0 Å². The minimum absolute atomic E-state index is 0.153. The van der Waals surface area contributed by atoms with Gasteiger partial charge in [0.05, 0.1) is 18.1 Å². The van der Waals surface area contributed by atoms with Gasteiger partial charge in [0.2, 0.25) is 5.91 Å². The van der Waals surface area contributed by atoms with Crippen molar-refractivity contribution in [2.24, 2.45) is 13.0 Å². The van der Waals surface area contributed by atoms with Crippen molar-refractivity contribution in [2.45, 2.75) is 19.9 Å². The summed E-state index contributed by atoms with van der Waals surface area (Å²) < 4.78 is 1.66. The smallest absolute Gasteiger partial charge is 0.223 e. The van der Waals surface area contributed by atoms with Gasteiger partial charge in [-0.05, 0) is 5.92 Å². The Bertz CT molecular complexity index is 649. The molecule has 3 rings (SSSR count). The van der Waals surface area contributed by atoms with Crippen LogP contribution in [0.15, 0.2) is 6.20 Å². The maximum absolute atomic E-state index is 11.8. The standard InChI is InChI=1S/C12H16N6O/c1-7-3-10(19)18(5-7)6-9-15-11(13)8-4-14-17(2)12(8)16-9/h4,7H,3,5-6H2,1-2H3,(H2,13,15,16). The van der Waals surface area contributed by atoms with Crippen LogP contribution in [0, 0.1) is 5.92 Å². The molecule has 0 radical (unpaired) electrons. The maximum atomic E-state index is 11.8. The summed E-state index contributed by atoms with van der Waals surface area (Å²) in [6.07, 6.45) is 2.25. The molecule has 1 amide bonds. The SMILES string of the molecule is CC1CC(=O)N(Cc2nc(N)c3cnn(C)c3n2)C1. The van der Waals surface area contributed by atoms with Crippen LogP contribution in [-0.2, 0) is 18.4 Å². The first-order valence-electron chi connectivity index (χ1n) is 6.26. The zero-order valence-corrected chi connectivity index (χ0v) is 11.0. The number of carbonyl (C=O) groups excluding carboxylic acids is 1. The van der Waals surface area contributed by atoms with Crippen LogP contribution in [0.5, 0.6) is 0 Å². The summed E-state index contributed by atoms with van der Waals surface area (Å²) in [6, 6.07) is 0. The number of hydrogen-bond donors (Lipinski definition) is 1. The van der Waals surface area contributed by atoms with Gasteiger partial charge in [-0.15, -0.1) is 0 Å². The van der Waals surface area contributed by atoms with Gasteiger partial charge in [-0.25, -0.2) is 9.97 Å². The summed E-state index contributed by atoms with van der Waals surface area (Å²) in [5.74, 6) is 1.52. The van der Waals surface area contributed by atoms with Crippen LogP contribution >= 0.6 is 0 Å². The van der Waals surface area contributed by atoms with E-state index in [9.17, 15) is 4.79 Å². The van der Waals surface area contributed by atoms with Gasteiger partial charge in [-0.2, -0.15) is 5.10 Å². The lowest BCUT2D eigenvalue weighted by Crippen LogP contribution is -2.25. The molecule has 0 spiro atoms. The second-order valence-electron chi connectivity index (χ2n) is 5.11. The molecule has 1 aliphatic heterocycles. The normalized spacial score (nSPS) is 19.6. The molecule has 0 aromatic carbocycles. The van der Waals surface area contributed by atoms with E-state index in [2.05, 4.69) is 22.0 Å². The Kier molecular flexibility index (Phi) is 2.62. The highest BCUT2D eigenvalue weighted by atomic mass is 16.2. The fourth-order valence-electron chi connectivity index (χ4n) is 2.45. The van der Waals surface area contributed by atoms with Gasteiger partial charge in [0, 0.05) is 20.0 Å². The van der Waals surface area contributed by atoms with E-state index < -0.39 is 0 Å². The van der Waals surface area contributed by atoms with Gasteiger partial charge in [-0.3, -0.25) is 9.48 Å². The Balaban J connectivity index is 1.93. The number of likely N-dealkylation sites (tertiary alicyclic amines) is 1. The molecule has 7 nitrogen and oxygen atoms in total. The van der Waals surface area contributed by atoms with Crippen molar-refractivity contribution in [2.75, 3.05) is 12.3 Å². The Morgan fingerprint density at radius 1 is 1.47 bits per heavy atom. The van der Waals surface area contributed by atoms with Crippen LogP contribution in [0.25, 0.3) is 11.0 Å². The van der Waals surface area contributed by atoms with Crippen LogP contribution in [0.2, 0.25) is 0 Å². The average molecular weight is 260 g/mol. The Hall–Kier alpha value is -2.18. The quantitative estimate of drug-likeness (QED) is 0.839. The number of nitrogens with two attached hydrogens (primary N) is 1. The van der Waals surface area contributed by atoms with E-state index in [-0.39, 0.29) is 5.91 Å². The minimum atomic E-state index is 0.153. The van der Waals surface area contributed by atoms with Gasteiger partial charge >= 0.3 is 0 Å². The lowest BCUT2D eigenvalue weighted by molar-refractivity contribution is -0.128. The lowest BCUT2D eigenvalue weighted by atomic mass is 10.2. The van der Waals surface area contributed by atoms with Crippen molar-refractivity contribution >= 4 is 22.8 Å². The fourth-order valence-corrected chi connectivity index (χ4v) is 2.45. The molecule has 1 atom stereocenters. The minimum Gasteiger partial charge on any atom is -0.383 e. The molecule has 1 fully saturated rings. The number of amides is 1. The maximum Gasteiger partial charge on any atom is 0.223 e. The van der Waals surface area contributed by atoms with E-state index in [1.54, 1.807) is 15.8 Å². The largest absolute Gasteiger partial charge is 0.383 e. The molecule has 19 heavy (non-hydrogen) atoms. The van der Waals surface area contributed by atoms with Crippen molar-refractivity contribution in [3.8, 4) is 0 Å². The molecule has 2 N–H and O–H groups in total. The van der Waals surface area contributed by atoms with E-state index >= 15 is 0 Å². The number of carbonyl (C=O) groups is 1. The molecule has 1 aliphatic rings. The Labute approximate surface area is 110 Å². The van der Waals surface area contributed by atoms with Crippen LogP contribution in [-0.4, -0.2) is 37.1 Å². The zero-order valence-electron chi connectivity index (χ0n) is 11.0. The molecule has 3 heterocycles. The predicted molar refractivity (Wildman–Crippen MR) is 69.9 cm³/mol. The van der Waals surface area contributed by atoms with Gasteiger partial charge in [-0.1, -0.05) is 6.92 Å². The fraction of sp³-hybridized carbons (Fsp3) is 0.500. The molecule has 1 unspecified atom stereocenters. The molecule has 2 aromatic rings. The molecular weight excluding hydrogens is 244 g/mol. The molecule has 0 aliphatic carbocycles. The Morgan fingerprint density at radius 3 is 2.95 bits per heavy atom. The number of nitrogens with zero attached hydrogens (tertiary/aromatic N) is 5.